The lowest BCUT2D eigenvalue weighted by atomic mass is 10.3. The minimum absolute atomic E-state index is 0.0835. The molecule has 0 unspecified atom stereocenters. The minimum Gasteiger partial charge on any atom is -0.433 e. The average Bonchev–Trinajstić information content (AvgIpc) is 3.43. The Morgan fingerprint density at radius 2 is 1.27 bits per heavy atom. The normalized spacial score (nSPS) is 14.0. The van der Waals surface area contributed by atoms with Crippen LogP contribution >= 0.6 is 66.7 Å². The Hall–Kier alpha value is -2.35. The largest absolute Gasteiger partial charge is 0.433 e. The summed E-state index contributed by atoms with van der Waals surface area (Å²) in [6.45, 7) is 2.81. The van der Waals surface area contributed by atoms with Crippen LogP contribution in [0.4, 0.5) is 5.82 Å². The van der Waals surface area contributed by atoms with E-state index < -0.39 is 0 Å². The molecule has 1 fully saturated rings. The number of furan rings is 2. The van der Waals surface area contributed by atoms with Crippen molar-refractivity contribution < 1.29 is 13.6 Å². The number of hydrogen-bond donors (Lipinski definition) is 0. The molecule has 1 saturated heterocycles. The van der Waals surface area contributed by atoms with Crippen molar-refractivity contribution in [2.24, 2.45) is 0 Å². The molecule has 0 spiro atoms. The number of pyridine rings is 2. The molecule has 0 N–H and O–H groups in total. The zero-order chi connectivity index (χ0) is 25.7. The SMILES string of the molecule is Clc1nc(Cl)c2oc3ncc(Br)cc3c2n1.Clc1nc(N2CCOCC2)c2oc3ncc(Br)cc3c2n1. The number of fused-ring (bicyclic) bond motifs is 6. The lowest BCUT2D eigenvalue weighted by Gasteiger charge is -2.27. The van der Waals surface area contributed by atoms with Crippen molar-refractivity contribution in [3.8, 4) is 0 Å². The van der Waals surface area contributed by atoms with Crippen molar-refractivity contribution in [2.75, 3.05) is 31.2 Å². The van der Waals surface area contributed by atoms with Crippen molar-refractivity contribution in [2.45, 2.75) is 0 Å². The van der Waals surface area contributed by atoms with Crippen LogP contribution in [0.3, 0.4) is 0 Å². The highest BCUT2D eigenvalue weighted by molar-refractivity contribution is 9.10. The van der Waals surface area contributed by atoms with E-state index in [1.807, 2.05) is 12.1 Å². The second-order valence-electron chi connectivity index (χ2n) is 7.77. The number of halogens is 5. The molecule has 188 valence electrons. The smallest absolute Gasteiger partial charge is 0.229 e. The Labute approximate surface area is 239 Å². The summed E-state index contributed by atoms with van der Waals surface area (Å²) >= 11 is 24.5. The van der Waals surface area contributed by atoms with Crippen LogP contribution in [-0.2, 0) is 4.74 Å². The first kappa shape index (κ1) is 25.0. The molecule has 37 heavy (non-hydrogen) atoms. The van der Waals surface area contributed by atoms with Crippen molar-refractivity contribution in [3.05, 3.63) is 49.2 Å². The maximum atomic E-state index is 6.09. The topological polar surface area (TPSA) is 116 Å². The second kappa shape index (κ2) is 10.1. The molecule has 1 aliphatic heterocycles. The second-order valence-corrected chi connectivity index (χ2v) is 10.6. The maximum absolute atomic E-state index is 6.09. The molecule has 15 heteroatoms. The summed E-state index contributed by atoms with van der Waals surface area (Å²) in [6.07, 6.45) is 3.32. The summed E-state index contributed by atoms with van der Waals surface area (Å²) in [5.74, 6) is 0.697. The van der Waals surface area contributed by atoms with E-state index in [1.165, 1.54) is 0 Å². The monoisotopic (exact) mass is 685 g/mol. The van der Waals surface area contributed by atoms with Crippen LogP contribution in [0, 0.1) is 0 Å². The summed E-state index contributed by atoms with van der Waals surface area (Å²) in [5, 5.41) is 2.03. The predicted octanol–water partition coefficient (Wildman–Crippen LogP) is 6.86. The number of morpholine rings is 1. The number of nitrogens with zero attached hydrogens (tertiary/aromatic N) is 7. The van der Waals surface area contributed by atoms with E-state index in [0.29, 0.717) is 52.7 Å². The Balaban J connectivity index is 0.000000141. The molecule has 6 aromatic heterocycles. The molecular weight excluding hydrogens is 676 g/mol. The van der Waals surface area contributed by atoms with Gasteiger partial charge in [0, 0.05) is 34.4 Å². The fourth-order valence-electron chi connectivity index (χ4n) is 3.90. The highest BCUT2D eigenvalue weighted by Gasteiger charge is 2.22. The third-order valence-electron chi connectivity index (χ3n) is 5.47. The van der Waals surface area contributed by atoms with Crippen molar-refractivity contribution in [3.63, 3.8) is 0 Å². The van der Waals surface area contributed by atoms with Gasteiger partial charge in [-0.1, -0.05) is 11.6 Å². The molecule has 0 aliphatic carbocycles. The molecule has 1 aliphatic rings. The summed E-state index contributed by atoms with van der Waals surface area (Å²) in [5.41, 5.74) is 3.23. The van der Waals surface area contributed by atoms with Crippen LogP contribution in [0.15, 0.2) is 42.3 Å². The fraction of sp³-hybridized carbons (Fsp3) is 0.182. The molecule has 10 nitrogen and oxygen atoms in total. The third kappa shape index (κ3) is 4.82. The van der Waals surface area contributed by atoms with Gasteiger partial charge in [-0.25, -0.2) is 24.9 Å². The zero-order valence-corrected chi connectivity index (χ0v) is 23.8. The molecule has 0 atom stereocenters. The lowest BCUT2D eigenvalue weighted by molar-refractivity contribution is 0.122. The summed E-state index contributed by atoms with van der Waals surface area (Å²) < 4.78 is 18.4. The molecule has 0 amide bonds. The number of aromatic nitrogens is 6. The van der Waals surface area contributed by atoms with E-state index in [2.05, 4.69) is 66.7 Å². The van der Waals surface area contributed by atoms with Crippen LogP contribution in [-0.4, -0.2) is 56.2 Å². The van der Waals surface area contributed by atoms with Gasteiger partial charge in [-0.3, -0.25) is 0 Å². The van der Waals surface area contributed by atoms with Crippen molar-refractivity contribution in [1.29, 1.82) is 0 Å². The predicted molar refractivity (Wildman–Crippen MR) is 148 cm³/mol. The van der Waals surface area contributed by atoms with Crippen LogP contribution < -0.4 is 4.90 Å². The van der Waals surface area contributed by atoms with Crippen molar-refractivity contribution >= 4 is 117 Å². The van der Waals surface area contributed by atoms with E-state index in [9.17, 15) is 0 Å². The number of anilines is 1. The zero-order valence-electron chi connectivity index (χ0n) is 18.4. The van der Waals surface area contributed by atoms with E-state index in [-0.39, 0.29) is 15.7 Å². The van der Waals surface area contributed by atoms with Crippen LogP contribution in [0.25, 0.3) is 44.4 Å². The molecule has 0 radical (unpaired) electrons. The number of rotatable bonds is 1. The molecular formula is C22H12Br2Cl3N7O3. The lowest BCUT2D eigenvalue weighted by Crippen LogP contribution is -2.36. The van der Waals surface area contributed by atoms with Gasteiger partial charge in [0.25, 0.3) is 0 Å². The Morgan fingerprint density at radius 3 is 1.89 bits per heavy atom. The number of ether oxygens (including phenoxy) is 1. The van der Waals surface area contributed by atoms with Gasteiger partial charge >= 0.3 is 0 Å². The third-order valence-corrected chi connectivity index (χ3v) is 6.93. The van der Waals surface area contributed by atoms with Gasteiger partial charge < -0.3 is 18.5 Å². The Kier molecular flexibility index (Phi) is 6.80. The van der Waals surface area contributed by atoms with Gasteiger partial charge in [-0.15, -0.1) is 0 Å². The van der Waals surface area contributed by atoms with Gasteiger partial charge in [-0.2, -0.15) is 4.98 Å². The summed E-state index contributed by atoms with van der Waals surface area (Å²) in [6, 6.07) is 3.76. The Bertz CT molecular complexity index is 1810. The van der Waals surface area contributed by atoms with Gasteiger partial charge in [0.15, 0.2) is 22.1 Å². The Morgan fingerprint density at radius 1 is 0.730 bits per heavy atom. The minimum atomic E-state index is 0.0835. The van der Waals surface area contributed by atoms with Crippen LogP contribution in [0.2, 0.25) is 15.7 Å². The first-order chi connectivity index (χ1) is 17.9. The fourth-order valence-corrected chi connectivity index (χ4v) is 5.14. The quantitative estimate of drug-likeness (QED) is 0.134. The van der Waals surface area contributed by atoms with Crippen LogP contribution in [0.5, 0.6) is 0 Å². The van der Waals surface area contributed by atoms with E-state index in [1.54, 1.807) is 12.4 Å². The molecule has 6 aromatic rings. The van der Waals surface area contributed by atoms with Gasteiger partial charge in [0.2, 0.25) is 22.0 Å². The summed E-state index contributed by atoms with van der Waals surface area (Å²) in [7, 11) is 0. The average molecular weight is 689 g/mol. The summed E-state index contributed by atoms with van der Waals surface area (Å²) in [4.78, 5) is 27.0. The highest BCUT2D eigenvalue weighted by atomic mass is 79.9. The first-order valence-electron chi connectivity index (χ1n) is 10.7. The van der Waals surface area contributed by atoms with Gasteiger partial charge in [0.05, 0.1) is 24.0 Å². The molecule has 7 rings (SSSR count). The van der Waals surface area contributed by atoms with Crippen molar-refractivity contribution in [1.82, 2.24) is 29.9 Å². The molecule has 0 bridgehead atoms. The van der Waals surface area contributed by atoms with E-state index >= 15 is 0 Å². The van der Waals surface area contributed by atoms with Crippen LogP contribution in [0.1, 0.15) is 0 Å². The van der Waals surface area contributed by atoms with E-state index in [0.717, 1.165) is 32.8 Å². The van der Waals surface area contributed by atoms with E-state index in [4.69, 9.17) is 48.4 Å². The van der Waals surface area contributed by atoms with Gasteiger partial charge in [-0.05, 0) is 67.2 Å². The molecule has 0 aromatic carbocycles. The first-order valence-corrected chi connectivity index (χ1v) is 13.4. The molecule has 7 heterocycles. The molecule has 0 saturated carbocycles. The standard InChI is InChI=1S/C13H10BrClN4O2.C9H2BrCl2N3O/c14-7-5-8-9-10(21-12(8)16-6-7)11(18-13(15)17-9)19-1-3-20-4-2-19;10-3-1-4-5-6(16-8(4)13-2-3)7(11)15-9(12)14-5/h5-6H,1-4H2;1-2H. The van der Waals surface area contributed by atoms with Gasteiger partial charge in [0.1, 0.15) is 11.0 Å². The highest BCUT2D eigenvalue weighted by Crippen LogP contribution is 2.34. The maximum Gasteiger partial charge on any atom is 0.229 e. The number of hydrogen-bond acceptors (Lipinski definition) is 10.